The van der Waals surface area contributed by atoms with Crippen LogP contribution in [0.1, 0.15) is 38.4 Å². The van der Waals surface area contributed by atoms with Crippen LogP contribution in [0, 0.1) is 0 Å². The van der Waals surface area contributed by atoms with Gasteiger partial charge in [-0.25, -0.2) is 0 Å². The van der Waals surface area contributed by atoms with Gasteiger partial charge in [0.2, 0.25) is 0 Å². The molecule has 1 aromatic rings. The molecule has 1 fully saturated rings. The summed E-state index contributed by atoms with van der Waals surface area (Å²) in [6.45, 7) is 6.76. The molecular weight excluding hydrogens is 309 g/mol. The fourth-order valence-electron chi connectivity index (χ4n) is 2.78. The number of morpholine rings is 1. The second-order valence-electron chi connectivity index (χ2n) is 5.65. The number of halogens is 2. The van der Waals surface area contributed by atoms with Crippen LogP contribution in [-0.2, 0) is 4.74 Å². The third kappa shape index (κ3) is 4.33. The summed E-state index contributed by atoms with van der Waals surface area (Å²) in [5, 5.41) is 11.3. The average Bonchev–Trinajstić information content (AvgIpc) is 2.47. The lowest BCUT2D eigenvalue weighted by molar-refractivity contribution is -0.0591. The minimum Gasteiger partial charge on any atom is -0.388 e. The van der Waals surface area contributed by atoms with E-state index >= 15 is 0 Å². The van der Waals surface area contributed by atoms with Crippen molar-refractivity contribution in [2.75, 3.05) is 19.7 Å². The Morgan fingerprint density at radius 3 is 2.90 bits per heavy atom. The summed E-state index contributed by atoms with van der Waals surface area (Å²) in [6.07, 6.45) is 1.36. The van der Waals surface area contributed by atoms with Crippen LogP contribution in [0.15, 0.2) is 18.2 Å². The Morgan fingerprint density at radius 2 is 2.19 bits per heavy atom. The fourth-order valence-corrected chi connectivity index (χ4v) is 3.22. The van der Waals surface area contributed by atoms with Crippen molar-refractivity contribution in [3.8, 4) is 0 Å². The third-order valence-electron chi connectivity index (χ3n) is 4.08. The molecule has 0 bridgehead atoms. The van der Waals surface area contributed by atoms with Crippen LogP contribution >= 0.6 is 23.2 Å². The second-order valence-corrected chi connectivity index (χ2v) is 6.43. The van der Waals surface area contributed by atoms with Crippen molar-refractivity contribution >= 4 is 23.2 Å². The van der Waals surface area contributed by atoms with Crippen LogP contribution in [0.3, 0.4) is 0 Å². The van der Waals surface area contributed by atoms with Gasteiger partial charge in [-0.3, -0.25) is 4.90 Å². The van der Waals surface area contributed by atoms with Crippen molar-refractivity contribution in [2.24, 2.45) is 0 Å². The van der Waals surface area contributed by atoms with Crippen molar-refractivity contribution in [1.29, 1.82) is 0 Å². The molecule has 1 aliphatic heterocycles. The maximum atomic E-state index is 10.4. The van der Waals surface area contributed by atoms with Gasteiger partial charge >= 0.3 is 0 Å². The molecule has 0 aromatic heterocycles. The molecule has 1 saturated heterocycles. The molecule has 1 aliphatic rings. The smallest absolute Gasteiger partial charge is 0.0817 e. The summed E-state index contributed by atoms with van der Waals surface area (Å²) in [4.78, 5) is 2.40. The Labute approximate surface area is 136 Å². The molecule has 1 N–H and O–H groups in total. The lowest BCUT2D eigenvalue weighted by atomic mass is 10.0. The maximum absolute atomic E-state index is 10.4. The van der Waals surface area contributed by atoms with Gasteiger partial charge < -0.3 is 9.84 Å². The first kappa shape index (κ1) is 17.0. The topological polar surface area (TPSA) is 32.7 Å². The number of aliphatic hydroxyl groups excluding tert-OH is 1. The van der Waals surface area contributed by atoms with E-state index in [4.69, 9.17) is 27.9 Å². The monoisotopic (exact) mass is 331 g/mol. The first-order chi connectivity index (χ1) is 10.0. The SMILES string of the molecule is CCC1COC(C)CN1CCC(O)c1cccc(Cl)c1Cl. The molecular formula is C16H23Cl2NO2. The number of ether oxygens (including phenoxy) is 1. The number of aliphatic hydroxyl groups is 1. The average molecular weight is 332 g/mol. The van der Waals surface area contributed by atoms with Gasteiger partial charge in [-0.05, 0) is 25.8 Å². The number of hydrogen-bond donors (Lipinski definition) is 1. The Kier molecular flexibility index (Phi) is 6.33. The molecule has 1 heterocycles. The molecule has 1 aromatic carbocycles. The van der Waals surface area contributed by atoms with E-state index < -0.39 is 6.10 Å². The van der Waals surface area contributed by atoms with Crippen molar-refractivity contribution < 1.29 is 9.84 Å². The fraction of sp³-hybridized carbons (Fsp3) is 0.625. The molecule has 3 nitrogen and oxygen atoms in total. The van der Waals surface area contributed by atoms with Crippen LogP contribution in [0.25, 0.3) is 0 Å². The highest BCUT2D eigenvalue weighted by atomic mass is 35.5. The van der Waals surface area contributed by atoms with E-state index in [0.717, 1.165) is 26.1 Å². The standard InChI is InChI=1S/C16H23Cl2NO2/c1-3-12-10-21-11(2)9-19(12)8-7-15(20)13-5-4-6-14(17)16(13)18/h4-6,11-12,15,20H,3,7-10H2,1-2H3. The van der Waals surface area contributed by atoms with E-state index in [9.17, 15) is 5.11 Å². The van der Waals surface area contributed by atoms with Gasteiger partial charge in [0.1, 0.15) is 0 Å². The molecule has 0 aliphatic carbocycles. The van der Waals surface area contributed by atoms with Crippen molar-refractivity contribution in [3.05, 3.63) is 33.8 Å². The molecule has 118 valence electrons. The number of hydrogen-bond acceptors (Lipinski definition) is 3. The van der Waals surface area contributed by atoms with E-state index in [-0.39, 0.29) is 6.10 Å². The predicted octanol–water partition coefficient (Wildman–Crippen LogP) is 3.92. The van der Waals surface area contributed by atoms with Crippen LogP contribution in [0.5, 0.6) is 0 Å². The minimum absolute atomic E-state index is 0.250. The molecule has 2 rings (SSSR count). The Morgan fingerprint density at radius 1 is 1.43 bits per heavy atom. The van der Waals surface area contributed by atoms with Crippen molar-refractivity contribution in [3.63, 3.8) is 0 Å². The zero-order valence-electron chi connectivity index (χ0n) is 12.6. The van der Waals surface area contributed by atoms with E-state index in [1.165, 1.54) is 0 Å². The largest absolute Gasteiger partial charge is 0.388 e. The van der Waals surface area contributed by atoms with Gasteiger partial charge in [-0.2, -0.15) is 0 Å². The van der Waals surface area contributed by atoms with Crippen LogP contribution in [-0.4, -0.2) is 41.8 Å². The highest BCUT2D eigenvalue weighted by molar-refractivity contribution is 6.42. The summed E-state index contributed by atoms with van der Waals surface area (Å²) >= 11 is 12.2. The lowest BCUT2D eigenvalue weighted by Crippen LogP contribution is -2.48. The molecule has 3 atom stereocenters. The second kappa shape index (κ2) is 7.80. The van der Waals surface area contributed by atoms with Crippen molar-refractivity contribution in [1.82, 2.24) is 4.90 Å². The number of rotatable bonds is 5. The minimum atomic E-state index is -0.591. The van der Waals surface area contributed by atoms with E-state index in [1.54, 1.807) is 6.07 Å². The molecule has 0 saturated carbocycles. The number of benzene rings is 1. The maximum Gasteiger partial charge on any atom is 0.0817 e. The van der Waals surface area contributed by atoms with Crippen LogP contribution in [0.4, 0.5) is 0 Å². The summed E-state index contributed by atoms with van der Waals surface area (Å²) in [5.41, 5.74) is 0.707. The van der Waals surface area contributed by atoms with Gasteiger partial charge in [0, 0.05) is 24.7 Å². The zero-order valence-corrected chi connectivity index (χ0v) is 14.1. The quantitative estimate of drug-likeness (QED) is 0.887. The van der Waals surface area contributed by atoms with E-state index in [0.29, 0.717) is 28.1 Å². The van der Waals surface area contributed by atoms with E-state index in [2.05, 4.69) is 18.7 Å². The van der Waals surface area contributed by atoms with Crippen molar-refractivity contribution in [2.45, 2.75) is 44.9 Å². The molecule has 0 radical (unpaired) electrons. The molecule has 21 heavy (non-hydrogen) atoms. The Balaban J connectivity index is 1.96. The number of nitrogens with zero attached hydrogens (tertiary/aromatic N) is 1. The predicted molar refractivity (Wildman–Crippen MR) is 87.1 cm³/mol. The summed E-state index contributed by atoms with van der Waals surface area (Å²) in [7, 11) is 0. The molecule has 0 spiro atoms. The Hall–Kier alpha value is -0.320. The zero-order chi connectivity index (χ0) is 15.4. The summed E-state index contributed by atoms with van der Waals surface area (Å²) in [6, 6.07) is 5.82. The first-order valence-corrected chi connectivity index (χ1v) is 8.26. The van der Waals surface area contributed by atoms with Gasteiger partial charge in [0.15, 0.2) is 0 Å². The van der Waals surface area contributed by atoms with Crippen LogP contribution in [0.2, 0.25) is 10.0 Å². The van der Waals surface area contributed by atoms with Gasteiger partial charge in [-0.15, -0.1) is 0 Å². The van der Waals surface area contributed by atoms with Gasteiger partial charge in [0.25, 0.3) is 0 Å². The lowest BCUT2D eigenvalue weighted by Gasteiger charge is -2.38. The van der Waals surface area contributed by atoms with Crippen LogP contribution < -0.4 is 0 Å². The Bertz CT molecular complexity index is 470. The molecule has 0 amide bonds. The van der Waals surface area contributed by atoms with Gasteiger partial charge in [-0.1, -0.05) is 42.3 Å². The summed E-state index contributed by atoms with van der Waals surface area (Å²) < 4.78 is 5.70. The van der Waals surface area contributed by atoms with E-state index in [1.807, 2.05) is 12.1 Å². The molecule has 3 unspecified atom stereocenters. The first-order valence-electron chi connectivity index (χ1n) is 7.50. The third-order valence-corrected chi connectivity index (χ3v) is 4.92. The normalized spacial score (nSPS) is 25.0. The summed E-state index contributed by atoms with van der Waals surface area (Å²) in [5.74, 6) is 0. The molecule has 5 heteroatoms. The van der Waals surface area contributed by atoms with Gasteiger partial charge in [0.05, 0.1) is 28.9 Å². The highest BCUT2D eigenvalue weighted by Crippen LogP contribution is 2.31. The highest BCUT2D eigenvalue weighted by Gasteiger charge is 2.26.